The van der Waals surface area contributed by atoms with Gasteiger partial charge in [0.1, 0.15) is 12.0 Å². The van der Waals surface area contributed by atoms with E-state index in [1.165, 1.54) is 7.11 Å². The largest absolute Gasteiger partial charge is 0.468 e. The predicted octanol–water partition coefficient (Wildman–Crippen LogP) is 4.47. The topological polar surface area (TPSA) is 115 Å². The van der Waals surface area contributed by atoms with Crippen molar-refractivity contribution >= 4 is 33.1 Å². The highest BCUT2D eigenvalue weighted by atomic mass is 32.2. The van der Waals surface area contributed by atoms with Gasteiger partial charge >= 0.3 is 12.1 Å². The summed E-state index contributed by atoms with van der Waals surface area (Å²) in [5.41, 5.74) is 2.77. The maximum atomic E-state index is 14.0. The van der Waals surface area contributed by atoms with E-state index < -0.39 is 33.6 Å². The van der Waals surface area contributed by atoms with E-state index in [-0.39, 0.29) is 25.6 Å². The molecule has 3 atom stereocenters. The van der Waals surface area contributed by atoms with Crippen molar-refractivity contribution in [3.8, 4) is 0 Å². The number of hydrogen-bond donors (Lipinski definition) is 1. The summed E-state index contributed by atoms with van der Waals surface area (Å²) < 4.78 is 39.8. The van der Waals surface area contributed by atoms with E-state index in [1.807, 2.05) is 61.5 Å². The molecule has 0 unspecified atom stereocenters. The Morgan fingerprint density at radius 2 is 1.82 bits per heavy atom. The molecule has 212 valence electrons. The van der Waals surface area contributed by atoms with Crippen LogP contribution in [0.4, 0.5) is 4.79 Å². The summed E-state index contributed by atoms with van der Waals surface area (Å²) in [6.45, 7) is 2.46. The molecular formula is C30H34N2O7S. The second-order valence-electron chi connectivity index (χ2n) is 10.4. The number of amides is 1. The second kappa shape index (κ2) is 11.1. The highest BCUT2D eigenvalue weighted by Gasteiger charge is 2.61. The standard InChI is InChI=1S/C30H34N2O7S/c1-4-22-16-21-17-30(28(33)37-2,27(22)32(18-21)29(34)38-19-20-10-6-5-7-11-20)26-24(14-15-39-40(3,35)36)23-12-8-9-13-25(23)31-26/h5-13,16,21,27,31H,4,14-15,17-19H2,1-3H3/t21-,27+,30+/m0/s1. The molecule has 0 spiro atoms. The lowest BCUT2D eigenvalue weighted by molar-refractivity contribution is -0.153. The molecule has 1 aliphatic carbocycles. The third-order valence-corrected chi connectivity index (χ3v) is 8.50. The first-order valence-electron chi connectivity index (χ1n) is 13.4. The molecule has 1 fully saturated rings. The van der Waals surface area contributed by atoms with Crippen molar-refractivity contribution in [2.45, 2.75) is 44.2 Å². The third kappa shape index (κ3) is 5.13. The molecule has 1 amide bonds. The van der Waals surface area contributed by atoms with Crippen molar-refractivity contribution in [1.82, 2.24) is 9.88 Å². The minimum atomic E-state index is -3.66. The Labute approximate surface area is 234 Å². The van der Waals surface area contributed by atoms with Gasteiger partial charge in [-0.3, -0.25) is 13.9 Å². The number of nitrogens with zero attached hydrogens (tertiary/aromatic N) is 1. The van der Waals surface area contributed by atoms with Crippen LogP contribution in [0.15, 0.2) is 66.2 Å². The molecule has 0 radical (unpaired) electrons. The summed E-state index contributed by atoms with van der Waals surface area (Å²) in [5, 5.41) is 0.861. The zero-order valence-electron chi connectivity index (χ0n) is 22.9. The zero-order chi connectivity index (χ0) is 28.5. The molecule has 1 saturated heterocycles. The van der Waals surface area contributed by atoms with Gasteiger partial charge in [-0.1, -0.05) is 67.1 Å². The Kier molecular flexibility index (Phi) is 7.74. The van der Waals surface area contributed by atoms with Crippen LogP contribution < -0.4 is 0 Å². The number of aromatic nitrogens is 1. The number of carbonyl (C=O) groups excluding carboxylic acids is 2. The van der Waals surface area contributed by atoms with Gasteiger partial charge in [-0.15, -0.1) is 0 Å². The molecule has 2 aliphatic heterocycles. The number of benzene rings is 2. The Hall–Kier alpha value is -3.63. The van der Waals surface area contributed by atoms with E-state index in [0.29, 0.717) is 25.1 Å². The van der Waals surface area contributed by atoms with Crippen molar-refractivity contribution in [3.05, 3.63) is 83.1 Å². The average molecular weight is 567 g/mol. The Bertz CT molecular complexity index is 1550. The van der Waals surface area contributed by atoms with Crippen LogP contribution in [-0.2, 0) is 47.0 Å². The van der Waals surface area contributed by atoms with Gasteiger partial charge in [0.15, 0.2) is 0 Å². The van der Waals surface area contributed by atoms with E-state index in [9.17, 15) is 18.0 Å². The van der Waals surface area contributed by atoms with Crippen molar-refractivity contribution in [1.29, 1.82) is 0 Å². The van der Waals surface area contributed by atoms with Crippen molar-refractivity contribution in [2.75, 3.05) is 26.5 Å². The maximum absolute atomic E-state index is 14.0. The fourth-order valence-electron chi connectivity index (χ4n) is 6.38. The molecule has 1 N–H and O–H groups in total. The number of carbonyl (C=O) groups is 2. The van der Waals surface area contributed by atoms with E-state index in [4.69, 9.17) is 13.7 Å². The van der Waals surface area contributed by atoms with Crippen LogP contribution in [0, 0.1) is 5.92 Å². The van der Waals surface area contributed by atoms with Crippen LogP contribution in [0.3, 0.4) is 0 Å². The normalized spacial score (nSPS) is 22.3. The summed E-state index contributed by atoms with van der Waals surface area (Å²) in [4.78, 5) is 32.7. The van der Waals surface area contributed by atoms with E-state index in [0.717, 1.165) is 33.9 Å². The molecule has 9 nitrogen and oxygen atoms in total. The molecule has 3 aromatic rings. The number of esters is 1. The van der Waals surface area contributed by atoms with Gasteiger partial charge in [-0.05, 0) is 42.4 Å². The number of methoxy groups -OCH3 is 1. The van der Waals surface area contributed by atoms with Crippen LogP contribution in [0.5, 0.6) is 0 Å². The van der Waals surface area contributed by atoms with Gasteiger partial charge in [0.2, 0.25) is 0 Å². The molecular weight excluding hydrogens is 532 g/mol. The Morgan fingerprint density at radius 1 is 1.10 bits per heavy atom. The highest BCUT2D eigenvalue weighted by Crippen LogP contribution is 2.51. The van der Waals surface area contributed by atoms with Crippen molar-refractivity contribution in [2.24, 2.45) is 5.92 Å². The number of piperidine rings is 1. The smallest absolute Gasteiger partial charge is 0.410 e. The minimum Gasteiger partial charge on any atom is -0.468 e. The summed E-state index contributed by atoms with van der Waals surface area (Å²) in [6, 6.07) is 16.4. The SMILES string of the molecule is CCC1=C[C@@H]2CN(C(=O)OCc3ccccc3)[C@H]1[C@](C(=O)OC)(c1[nH]c3ccccc3c1CCOS(C)(=O)=O)C2. The summed E-state index contributed by atoms with van der Waals surface area (Å²) >= 11 is 0. The van der Waals surface area contributed by atoms with Crippen LogP contribution >= 0.6 is 0 Å². The number of H-pyrrole nitrogens is 1. The minimum absolute atomic E-state index is 0.0850. The third-order valence-electron chi connectivity index (χ3n) is 7.90. The van der Waals surface area contributed by atoms with Gasteiger partial charge < -0.3 is 14.5 Å². The lowest BCUT2D eigenvalue weighted by Gasteiger charge is -2.54. The first-order valence-corrected chi connectivity index (χ1v) is 15.2. The molecule has 0 saturated carbocycles. The number of fused-ring (bicyclic) bond motifs is 3. The lowest BCUT2D eigenvalue weighted by Crippen LogP contribution is -2.66. The van der Waals surface area contributed by atoms with Crippen molar-refractivity contribution in [3.63, 3.8) is 0 Å². The van der Waals surface area contributed by atoms with Gasteiger partial charge in [-0.25, -0.2) is 4.79 Å². The van der Waals surface area contributed by atoms with E-state index in [2.05, 4.69) is 11.1 Å². The maximum Gasteiger partial charge on any atom is 0.410 e. The molecule has 3 aliphatic rings. The number of hydrogen-bond acceptors (Lipinski definition) is 7. The molecule has 40 heavy (non-hydrogen) atoms. The van der Waals surface area contributed by atoms with Gasteiger partial charge in [0, 0.05) is 23.1 Å². The van der Waals surface area contributed by atoms with Crippen LogP contribution in [0.1, 0.15) is 36.6 Å². The molecule has 10 heteroatoms. The van der Waals surface area contributed by atoms with Crippen LogP contribution in [0.2, 0.25) is 0 Å². The first kappa shape index (κ1) is 27.9. The van der Waals surface area contributed by atoms with Gasteiger partial charge in [0.05, 0.1) is 26.0 Å². The molecule has 1 aromatic heterocycles. The number of aromatic amines is 1. The average Bonchev–Trinajstić information content (AvgIpc) is 3.33. The first-order chi connectivity index (χ1) is 19.2. The molecule has 3 heterocycles. The Morgan fingerprint density at radius 3 is 2.52 bits per heavy atom. The number of rotatable bonds is 9. The van der Waals surface area contributed by atoms with E-state index >= 15 is 0 Å². The lowest BCUT2D eigenvalue weighted by atomic mass is 9.60. The van der Waals surface area contributed by atoms with E-state index in [1.54, 1.807) is 4.90 Å². The fraction of sp³-hybridized carbons (Fsp3) is 0.400. The summed E-state index contributed by atoms with van der Waals surface area (Å²) in [5.74, 6) is -0.561. The number of ether oxygens (including phenoxy) is 2. The van der Waals surface area contributed by atoms with Crippen molar-refractivity contribution < 1.29 is 31.7 Å². The second-order valence-corrected chi connectivity index (χ2v) is 12.1. The quantitative estimate of drug-likeness (QED) is 0.231. The summed E-state index contributed by atoms with van der Waals surface area (Å²) in [6.07, 6.45) is 3.99. The molecule has 6 rings (SSSR count). The number of nitrogens with one attached hydrogen (secondary N) is 1. The summed E-state index contributed by atoms with van der Waals surface area (Å²) in [7, 11) is -2.30. The highest BCUT2D eigenvalue weighted by molar-refractivity contribution is 7.85. The van der Waals surface area contributed by atoms with Gasteiger partial charge in [0.25, 0.3) is 10.1 Å². The number of para-hydroxylation sites is 1. The van der Waals surface area contributed by atoms with Crippen LogP contribution in [-0.4, -0.2) is 62.9 Å². The molecule has 2 bridgehead atoms. The predicted molar refractivity (Wildman–Crippen MR) is 150 cm³/mol. The van der Waals surface area contributed by atoms with Crippen LogP contribution in [0.25, 0.3) is 10.9 Å². The fourth-order valence-corrected chi connectivity index (χ4v) is 6.77. The zero-order valence-corrected chi connectivity index (χ0v) is 23.7. The van der Waals surface area contributed by atoms with Gasteiger partial charge in [-0.2, -0.15) is 8.42 Å². The monoisotopic (exact) mass is 566 g/mol. The Balaban J connectivity index is 1.60. The molecule has 2 aromatic carbocycles.